The first-order valence-corrected chi connectivity index (χ1v) is 7.85. The van der Waals surface area contributed by atoms with E-state index in [9.17, 15) is 0 Å². The van der Waals surface area contributed by atoms with E-state index in [1.807, 2.05) is 13.0 Å². The highest BCUT2D eigenvalue weighted by atomic mass is 16.5. The summed E-state index contributed by atoms with van der Waals surface area (Å²) in [4.78, 5) is 0. The molecule has 3 rings (SSSR count). The van der Waals surface area contributed by atoms with Crippen molar-refractivity contribution in [3.63, 3.8) is 0 Å². The molecule has 3 heterocycles. The molecule has 6 nitrogen and oxygen atoms in total. The van der Waals surface area contributed by atoms with E-state index in [0.717, 1.165) is 42.5 Å². The molecule has 0 aliphatic carbocycles. The highest BCUT2D eigenvalue weighted by Crippen LogP contribution is 2.21. The molecule has 0 bridgehead atoms. The highest BCUT2D eigenvalue weighted by Gasteiger charge is 2.21. The summed E-state index contributed by atoms with van der Waals surface area (Å²) in [6, 6.07) is 2.17. The molecule has 2 aromatic heterocycles. The standard InChI is InChI=1S/C15H23N5O/c1-3-13(16-10-12-9-11(2)21-19-12)15-18-17-14-7-5-4-6-8-20(14)15/h9,13,16H,3-8,10H2,1-2H3. The van der Waals surface area contributed by atoms with Gasteiger partial charge in [-0.1, -0.05) is 18.5 Å². The zero-order valence-electron chi connectivity index (χ0n) is 12.8. The third-order valence-electron chi connectivity index (χ3n) is 4.06. The molecule has 0 spiro atoms. The summed E-state index contributed by atoms with van der Waals surface area (Å²) < 4.78 is 7.41. The van der Waals surface area contributed by atoms with Gasteiger partial charge in [0.1, 0.15) is 17.4 Å². The fourth-order valence-electron chi connectivity index (χ4n) is 2.91. The van der Waals surface area contributed by atoms with Crippen LogP contribution in [0, 0.1) is 6.92 Å². The van der Waals surface area contributed by atoms with Crippen LogP contribution in [0.2, 0.25) is 0 Å². The van der Waals surface area contributed by atoms with Gasteiger partial charge in [0, 0.05) is 25.6 Å². The Hall–Kier alpha value is -1.69. The molecular formula is C15H23N5O. The van der Waals surface area contributed by atoms with E-state index < -0.39 is 0 Å². The lowest BCUT2D eigenvalue weighted by Gasteiger charge is -2.17. The summed E-state index contributed by atoms with van der Waals surface area (Å²) in [6.07, 6.45) is 5.75. The maximum atomic E-state index is 5.11. The second kappa shape index (κ2) is 6.39. The third kappa shape index (κ3) is 3.15. The van der Waals surface area contributed by atoms with Crippen LogP contribution in [0.25, 0.3) is 0 Å². The Kier molecular flexibility index (Phi) is 4.34. The summed E-state index contributed by atoms with van der Waals surface area (Å²) in [5.41, 5.74) is 0.932. The number of rotatable bonds is 5. The molecule has 1 N–H and O–H groups in total. The molecular weight excluding hydrogens is 266 g/mol. The van der Waals surface area contributed by atoms with Crippen molar-refractivity contribution < 1.29 is 4.52 Å². The van der Waals surface area contributed by atoms with Gasteiger partial charge in [0.25, 0.3) is 0 Å². The Morgan fingerprint density at radius 3 is 3.00 bits per heavy atom. The van der Waals surface area contributed by atoms with Crippen molar-refractivity contribution in [2.75, 3.05) is 0 Å². The minimum absolute atomic E-state index is 0.210. The normalized spacial score (nSPS) is 16.5. The maximum Gasteiger partial charge on any atom is 0.150 e. The predicted molar refractivity (Wildman–Crippen MR) is 78.7 cm³/mol. The zero-order chi connectivity index (χ0) is 14.7. The molecule has 0 radical (unpaired) electrons. The second-order valence-electron chi connectivity index (χ2n) is 5.71. The molecule has 1 aliphatic heterocycles. The SMILES string of the molecule is CCC(NCc1cc(C)on1)c1nnc2n1CCCCC2. The number of fused-ring (bicyclic) bond motifs is 1. The zero-order valence-corrected chi connectivity index (χ0v) is 12.8. The quantitative estimate of drug-likeness (QED) is 0.916. The number of aryl methyl sites for hydroxylation is 2. The van der Waals surface area contributed by atoms with Crippen molar-refractivity contribution in [3.8, 4) is 0 Å². The Bertz CT molecular complexity index is 589. The lowest BCUT2D eigenvalue weighted by molar-refractivity contribution is 0.382. The summed E-state index contributed by atoms with van der Waals surface area (Å²) in [6.45, 7) is 5.81. The molecule has 1 aliphatic rings. The van der Waals surface area contributed by atoms with Crippen molar-refractivity contribution in [2.45, 2.75) is 65.1 Å². The lowest BCUT2D eigenvalue weighted by atomic mass is 10.2. The van der Waals surface area contributed by atoms with E-state index >= 15 is 0 Å². The first-order chi connectivity index (χ1) is 10.3. The van der Waals surface area contributed by atoms with E-state index in [0.29, 0.717) is 6.54 Å². The smallest absolute Gasteiger partial charge is 0.150 e. The Balaban J connectivity index is 1.72. The molecule has 6 heteroatoms. The molecule has 0 saturated heterocycles. The predicted octanol–water partition coefficient (Wildman–Crippen LogP) is 2.54. The van der Waals surface area contributed by atoms with Crippen LogP contribution in [0.3, 0.4) is 0 Å². The largest absolute Gasteiger partial charge is 0.361 e. The summed E-state index contributed by atoms with van der Waals surface area (Å²) in [5, 5.41) is 16.4. The van der Waals surface area contributed by atoms with Crippen LogP contribution in [-0.4, -0.2) is 19.9 Å². The van der Waals surface area contributed by atoms with Crippen LogP contribution < -0.4 is 5.32 Å². The average molecular weight is 289 g/mol. The van der Waals surface area contributed by atoms with Gasteiger partial charge in [-0.3, -0.25) is 0 Å². The highest BCUT2D eigenvalue weighted by molar-refractivity contribution is 5.06. The Morgan fingerprint density at radius 1 is 1.33 bits per heavy atom. The molecule has 1 atom stereocenters. The van der Waals surface area contributed by atoms with Gasteiger partial charge < -0.3 is 14.4 Å². The van der Waals surface area contributed by atoms with Crippen LogP contribution in [-0.2, 0) is 19.5 Å². The average Bonchev–Trinajstić information content (AvgIpc) is 3.00. The Labute approximate surface area is 124 Å². The van der Waals surface area contributed by atoms with Gasteiger partial charge in [-0.2, -0.15) is 0 Å². The number of hydrogen-bond donors (Lipinski definition) is 1. The van der Waals surface area contributed by atoms with E-state index in [4.69, 9.17) is 4.52 Å². The summed E-state index contributed by atoms with van der Waals surface area (Å²) in [7, 11) is 0. The van der Waals surface area contributed by atoms with Gasteiger partial charge in [-0.05, 0) is 26.2 Å². The molecule has 114 valence electrons. The first-order valence-electron chi connectivity index (χ1n) is 7.85. The van der Waals surface area contributed by atoms with Crippen LogP contribution in [0.15, 0.2) is 10.6 Å². The van der Waals surface area contributed by atoms with Crippen molar-refractivity contribution in [2.24, 2.45) is 0 Å². The second-order valence-corrected chi connectivity index (χ2v) is 5.71. The Morgan fingerprint density at radius 2 is 2.24 bits per heavy atom. The fraction of sp³-hybridized carbons (Fsp3) is 0.667. The molecule has 2 aromatic rings. The van der Waals surface area contributed by atoms with Gasteiger partial charge >= 0.3 is 0 Å². The molecule has 21 heavy (non-hydrogen) atoms. The maximum absolute atomic E-state index is 5.11. The van der Waals surface area contributed by atoms with Gasteiger partial charge in [0.15, 0.2) is 0 Å². The summed E-state index contributed by atoms with van der Waals surface area (Å²) in [5.74, 6) is 3.05. The van der Waals surface area contributed by atoms with E-state index in [1.165, 1.54) is 19.3 Å². The topological polar surface area (TPSA) is 68.8 Å². The lowest BCUT2D eigenvalue weighted by Crippen LogP contribution is -2.24. The van der Waals surface area contributed by atoms with Crippen LogP contribution in [0.1, 0.15) is 61.8 Å². The monoisotopic (exact) mass is 289 g/mol. The van der Waals surface area contributed by atoms with Gasteiger partial charge in [-0.25, -0.2) is 0 Å². The van der Waals surface area contributed by atoms with Gasteiger partial charge in [0.05, 0.1) is 11.7 Å². The van der Waals surface area contributed by atoms with Crippen molar-refractivity contribution in [1.29, 1.82) is 0 Å². The van der Waals surface area contributed by atoms with E-state index in [2.05, 4.69) is 32.2 Å². The fourth-order valence-corrected chi connectivity index (χ4v) is 2.91. The van der Waals surface area contributed by atoms with E-state index in [1.54, 1.807) is 0 Å². The van der Waals surface area contributed by atoms with E-state index in [-0.39, 0.29) is 6.04 Å². The third-order valence-corrected chi connectivity index (χ3v) is 4.06. The number of nitrogens with one attached hydrogen (secondary N) is 1. The van der Waals surface area contributed by atoms with Gasteiger partial charge in [-0.15, -0.1) is 10.2 Å². The van der Waals surface area contributed by atoms with Crippen LogP contribution in [0.5, 0.6) is 0 Å². The molecule has 0 saturated carbocycles. The molecule has 1 unspecified atom stereocenters. The number of hydrogen-bond acceptors (Lipinski definition) is 5. The van der Waals surface area contributed by atoms with Crippen LogP contribution >= 0.6 is 0 Å². The van der Waals surface area contributed by atoms with Crippen molar-refractivity contribution in [3.05, 3.63) is 29.2 Å². The minimum atomic E-state index is 0.210. The number of nitrogens with zero attached hydrogens (tertiary/aromatic N) is 4. The summed E-state index contributed by atoms with van der Waals surface area (Å²) >= 11 is 0. The molecule has 0 aromatic carbocycles. The van der Waals surface area contributed by atoms with Crippen LogP contribution in [0.4, 0.5) is 0 Å². The molecule has 0 amide bonds. The number of aromatic nitrogens is 4. The first kappa shape index (κ1) is 14.3. The van der Waals surface area contributed by atoms with Crippen molar-refractivity contribution in [1.82, 2.24) is 25.2 Å². The molecule has 0 fully saturated rings. The van der Waals surface area contributed by atoms with Crippen molar-refractivity contribution >= 4 is 0 Å². The minimum Gasteiger partial charge on any atom is -0.361 e. The van der Waals surface area contributed by atoms with Gasteiger partial charge in [0.2, 0.25) is 0 Å².